The van der Waals surface area contributed by atoms with Crippen molar-refractivity contribution in [2.24, 2.45) is 0 Å². The molecule has 1 saturated heterocycles. The molecule has 0 bridgehead atoms. The highest BCUT2D eigenvalue weighted by molar-refractivity contribution is 4.84. The first-order valence-electron chi connectivity index (χ1n) is 4.70. The number of β-amino-alcohol motifs (C(OH)–C–C–N with tert-alkyl or cyclic N) is 1. The van der Waals surface area contributed by atoms with Crippen LogP contribution in [0.3, 0.4) is 0 Å². The Morgan fingerprint density at radius 1 is 1.71 bits per heavy atom. The average molecular weight is 204 g/mol. The Labute approximate surface area is 82.6 Å². The van der Waals surface area contributed by atoms with Crippen LogP contribution in [-0.4, -0.2) is 53.5 Å². The first kappa shape index (κ1) is 11.4. The van der Waals surface area contributed by atoms with E-state index in [1.54, 1.807) is 11.8 Å². The van der Waals surface area contributed by atoms with Crippen molar-refractivity contribution < 1.29 is 14.8 Å². The van der Waals surface area contributed by atoms with Gasteiger partial charge in [0.1, 0.15) is 6.61 Å². The fraction of sp³-hybridized carbons (Fsp3) is 1.00. The largest absolute Gasteiger partial charge is 0.395 e. The van der Waals surface area contributed by atoms with Crippen molar-refractivity contribution >= 4 is 0 Å². The van der Waals surface area contributed by atoms with Crippen LogP contribution < -0.4 is 0 Å². The number of aliphatic hydroxyl groups is 1. The Balaban J connectivity index is 2.64. The van der Waals surface area contributed by atoms with Crippen LogP contribution in [0.5, 0.6) is 0 Å². The van der Waals surface area contributed by atoms with E-state index in [0.29, 0.717) is 26.2 Å². The van der Waals surface area contributed by atoms with E-state index in [-0.39, 0.29) is 18.1 Å². The molecule has 0 aromatic heterocycles. The molecule has 0 radical (unpaired) electrons. The van der Waals surface area contributed by atoms with Crippen molar-refractivity contribution in [1.29, 1.82) is 0 Å². The smallest absolute Gasteiger partial charge is 0.257 e. The Hall–Kier alpha value is -0.720. The summed E-state index contributed by atoms with van der Waals surface area (Å²) < 4.78 is 5.18. The van der Waals surface area contributed by atoms with Gasteiger partial charge in [-0.3, -0.25) is 15.0 Å². The van der Waals surface area contributed by atoms with Gasteiger partial charge in [0, 0.05) is 17.9 Å². The van der Waals surface area contributed by atoms with Gasteiger partial charge in [-0.15, -0.1) is 0 Å². The number of rotatable bonds is 4. The van der Waals surface area contributed by atoms with Gasteiger partial charge < -0.3 is 9.84 Å². The maximum Gasteiger partial charge on any atom is 0.257 e. The predicted octanol–water partition coefficient (Wildman–Crippen LogP) is -0.306. The topological polar surface area (TPSA) is 75.8 Å². The van der Waals surface area contributed by atoms with Gasteiger partial charge in [0.15, 0.2) is 0 Å². The lowest BCUT2D eigenvalue weighted by atomic mass is 9.96. The zero-order valence-electron chi connectivity index (χ0n) is 8.31. The summed E-state index contributed by atoms with van der Waals surface area (Å²) in [5.74, 6) is 0. The SMILES string of the molecule is CCC1([N+](=O)[O-])COCN(CCO)C1. The van der Waals surface area contributed by atoms with Gasteiger partial charge in [-0.05, 0) is 0 Å². The molecule has 1 unspecified atom stereocenters. The van der Waals surface area contributed by atoms with E-state index >= 15 is 0 Å². The number of hydrogen-bond acceptors (Lipinski definition) is 5. The van der Waals surface area contributed by atoms with Gasteiger partial charge in [0.25, 0.3) is 5.54 Å². The van der Waals surface area contributed by atoms with Crippen LogP contribution in [0.2, 0.25) is 0 Å². The van der Waals surface area contributed by atoms with Crippen LogP contribution in [0.4, 0.5) is 0 Å². The van der Waals surface area contributed by atoms with E-state index < -0.39 is 5.54 Å². The molecule has 0 aromatic carbocycles. The molecule has 1 atom stereocenters. The van der Waals surface area contributed by atoms with E-state index in [1.165, 1.54) is 0 Å². The third kappa shape index (κ3) is 2.20. The summed E-state index contributed by atoms with van der Waals surface area (Å²) in [4.78, 5) is 12.4. The first-order valence-corrected chi connectivity index (χ1v) is 4.70. The predicted molar refractivity (Wildman–Crippen MR) is 49.5 cm³/mol. The summed E-state index contributed by atoms with van der Waals surface area (Å²) in [6, 6.07) is 0. The Morgan fingerprint density at radius 2 is 2.43 bits per heavy atom. The number of ether oxygens (including phenoxy) is 1. The quantitative estimate of drug-likeness (QED) is 0.502. The van der Waals surface area contributed by atoms with Crippen molar-refractivity contribution in [3.63, 3.8) is 0 Å². The maximum absolute atomic E-state index is 10.9. The molecule has 1 fully saturated rings. The molecule has 1 N–H and O–H groups in total. The third-order valence-corrected chi connectivity index (χ3v) is 2.62. The number of nitrogens with zero attached hydrogens (tertiary/aromatic N) is 2. The van der Waals surface area contributed by atoms with Crippen LogP contribution >= 0.6 is 0 Å². The van der Waals surface area contributed by atoms with Crippen LogP contribution in [0.25, 0.3) is 0 Å². The van der Waals surface area contributed by atoms with E-state index in [9.17, 15) is 10.1 Å². The monoisotopic (exact) mass is 204 g/mol. The van der Waals surface area contributed by atoms with Gasteiger partial charge in [-0.1, -0.05) is 6.92 Å². The number of nitro groups is 1. The molecule has 1 aliphatic rings. The van der Waals surface area contributed by atoms with Crippen molar-refractivity contribution in [2.75, 3.05) is 33.0 Å². The fourth-order valence-electron chi connectivity index (χ4n) is 1.61. The summed E-state index contributed by atoms with van der Waals surface area (Å²) in [5.41, 5.74) is -0.993. The number of aliphatic hydroxyl groups excluding tert-OH is 1. The van der Waals surface area contributed by atoms with Gasteiger partial charge in [-0.2, -0.15) is 0 Å². The van der Waals surface area contributed by atoms with Gasteiger partial charge in [-0.25, -0.2) is 0 Å². The third-order valence-electron chi connectivity index (χ3n) is 2.62. The van der Waals surface area contributed by atoms with E-state index in [1.807, 2.05) is 0 Å². The zero-order valence-corrected chi connectivity index (χ0v) is 8.31. The van der Waals surface area contributed by atoms with E-state index in [2.05, 4.69) is 0 Å². The molecule has 6 nitrogen and oxygen atoms in total. The van der Waals surface area contributed by atoms with Gasteiger partial charge >= 0.3 is 0 Å². The molecule has 1 aliphatic heterocycles. The van der Waals surface area contributed by atoms with Crippen LogP contribution in [0.1, 0.15) is 13.3 Å². The summed E-state index contributed by atoms with van der Waals surface area (Å²) >= 11 is 0. The summed E-state index contributed by atoms with van der Waals surface area (Å²) in [6.07, 6.45) is 0.446. The summed E-state index contributed by atoms with van der Waals surface area (Å²) in [5, 5.41) is 19.6. The highest BCUT2D eigenvalue weighted by atomic mass is 16.6. The first-order chi connectivity index (χ1) is 6.64. The second kappa shape index (κ2) is 4.68. The lowest BCUT2D eigenvalue weighted by molar-refractivity contribution is -0.581. The molecule has 1 rings (SSSR count). The Kier molecular flexibility index (Phi) is 3.79. The molecule has 82 valence electrons. The van der Waals surface area contributed by atoms with Crippen molar-refractivity contribution in [1.82, 2.24) is 4.90 Å². The minimum atomic E-state index is -0.993. The average Bonchev–Trinajstić information content (AvgIpc) is 2.18. The van der Waals surface area contributed by atoms with Gasteiger partial charge in [0.05, 0.1) is 19.9 Å². The molecule has 0 aliphatic carbocycles. The van der Waals surface area contributed by atoms with Crippen LogP contribution in [0.15, 0.2) is 0 Å². The molecular formula is C8H16N2O4. The van der Waals surface area contributed by atoms with Crippen molar-refractivity contribution in [3.05, 3.63) is 10.1 Å². The highest BCUT2D eigenvalue weighted by Crippen LogP contribution is 2.21. The normalized spacial score (nSPS) is 29.0. The lowest BCUT2D eigenvalue weighted by Crippen LogP contribution is -2.57. The summed E-state index contributed by atoms with van der Waals surface area (Å²) in [7, 11) is 0. The minimum Gasteiger partial charge on any atom is -0.395 e. The molecule has 6 heteroatoms. The van der Waals surface area contributed by atoms with E-state index in [0.717, 1.165) is 0 Å². The second-order valence-electron chi connectivity index (χ2n) is 3.59. The van der Waals surface area contributed by atoms with Crippen molar-refractivity contribution in [2.45, 2.75) is 18.9 Å². The highest BCUT2D eigenvalue weighted by Gasteiger charge is 2.45. The zero-order chi connectivity index (χ0) is 10.6. The molecule has 0 aromatic rings. The maximum atomic E-state index is 10.9. The minimum absolute atomic E-state index is 0.000862. The standard InChI is InChI=1S/C8H16N2O4/c1-2-8(10(12)13)5-9(3-4-11)7-14-6-8/h11H,2-7H2,1H3. The fourth-order valence-corrected chi connectivity index (χ4v) is 1.61. The van der Waals surface area contributed by atoms with Crippen LogP contribution in [0, 0.1) is 10.1 Å². The summed E-state index contributed by atoms with van der Waals surface area (Å²) in [6.45, 7) is 3.11. The molecule has 0 spiro atoms. The molecule has 14 heavy (non-hydrogen) atoms. The lowest BCUT2D eigenvalue weighted by Gasteiger charge is -2.35. The number of hydrogen-bond donors (Lipinski definition) is 1. The molecular weight excluding hydrogens is 188 g/mol. The molecule has 1 heterocycles. The second-order valence-corrected chi connectivity index (χ2v) is 3.59. The molecule has 0 saturated carbocycles. The Bertz CT molecular complexity index is 210. The van der Waals surface area contributed by atoms with Crippen LogP contribution in [-0.2, 0) is 4.74 Å². The molecule has 0 amide bonds. The van der Waals surface area contributed by atoms with Gasteiger partial charge in [0.2, 0.25) is 0 Å². The Morgan fingerprint density at radius 3 is 2.93 bits per heavy atom. The van der Waals surface area contributed by atoms with Crippen molar-refractivity contribution in [3.8, 4) is 0 Å². The van der Waals surface area contributed by atoms with E-state index in [4.69, 9.17) is 9.84 Å².